The number of hydrogen-bond donors (Lipinski definition) is 0. The van der Waals surface area contributed by atoms with Gasteiger partial charge in [-0.2, -0.15) is 0 Å². The van der Waals surface area contributed by atoms with E-state index in [-0.39, 0.29) is 11.7 Å². The van der Waals surface area contributed by atoms with Gasteiger partial charge in [0.05, 0.1) is 10.6 Å². The third-order valence-corrected chi connectivity index (χ3v) is 13.9. The molecule has 1 rings (SSSR count). The van der Waals surface area contributed by atoms with Gasteiger partial charge in [0, 0.05) is 12.3 Å². The molecule has 0 radical (unpaired) electrons. The van der Waals surface area contributed by atoms with Crippen molar-refractivity contribution in [1.29, 1.82) is 0 Å². The second-order valence-corrected chi connectivity index (χ2v) is 16.2. The van der Waals surface area contributed by atoms with E-state index in [0.29, 0.717) is 40.8 Å². The normalized spacial score (nSPS) is 13.5. The molecular weight excluding hydrogens is 384 g/mol. The molecule has 0 N–H and O–H groups in total. The van der Waals surface area contributed by atoms with E-state index in [2.05, 4.69) is 53.0 Å². The first-order valence-corrected chi connectivity index (χ1v) is 14.2. The fourth-order valence-corrected chi connectivity index (χ4v) is 11.0. The van der Waals surface area contributed by atoms with E-state index in [9.17, 15) is 13.2 Å². The van der Waals surface area contributed by atoms with Crippen molar-refractivity contribution in [2.24, 2.45) is 5.92 Å². The Hall–Kier alpha value is -1.38. The first kappa shape index (κ1) is 24.7. The first-order chi connectivity index (χ1) is 13.1. The fraction of sp³-hybridized carbons (Fsp3) is 0.609. The lowest BCUT2D eigenvalue weighted by atomic mass is 10.0. The molecule has 0 aromatic heterocycles. The van der Waals surface area contributed by atoms with Crippen LogP contribution in [0.3, 0.4) is 0 Å². The summed E-state index contributed by atoms with van der Waals surface area (Å²) in [7, 11) is -5.13. The summed E-state index contributed by atoms with van der Waals surface area (Å²) in [6, 6.07) is 8.55. The minimum absolute atomic E-state index is 0.0633. The van der Waals surface area contributed by atoms with Gasteiger partial charge in [-0.3, -0.25) is 0 Å². The van der Waals surface area contributed by atoms with E-state index in [0.717, 1.165) is 6.29 Å². The Bertz CT molecular complexity index is 749. The third kappa shape index (κ3) is 6.32. The average molecular weight is 421 g/mol. The van der Waals surface area contributed by atoms with Crippen LogP contribution in [0.2, 0.25) is 16.6 Å². The number of aldehydes is 1. The number of carbonyl (C=O) groups excluding carboxylic acids is 1. The largest absolute Gasteiger partial charge is 0.303 e. The summed E-state index contributed by atoms with van der Waals surface area (Å²) in [5.41, 5.74) is 5.29. The molecule has 1 atom stereocenters. The fourth-order valence-electron chi connectivity index (χ4n) is 4.29. The molecule has 0 aliphatic carbocycles. The summed E-state index contributed by atoms with van der Waals surface area (Å²) < 4.78 is 24.9. The molecule has 1 aromatic carbocycles. The minimum atomic E-state index is -3.28. The zero-order valence-electron chi connectivity index (χ0n) is 18.2. The van der Waals surface area contributed by atoms with E-state index in [1.54, 1.807) is 24.3 Å². The van der Waals surface area contributed by atoms with Gasteiger partial charge in [-0.25, -0.2) is 8.42 Å². The van der Waals surface area contributed by atoms with Crippen molar-refractivity contribution < 1.29 is 13.2 Å². The SMILES string of the molecule is CC(C)[Si](C#C[C@H](CC=O)CCCS(=O)(=O)c1ccccc1)(C(C)C)C(C)C. The Balaban J connectivity index is 2.92. The maximum atomic E-state index is 12.5. The molecule has 0 saturated carbocycles. The van der Waals surface area contributed by atoms with Gasteiger partial charge in [0.2, 0.25) is 0 Å². The maximum absolute atomic E-state index is 12.5. The van der Waals surface area contributed by atoms with Crippen LogP contribution in [0.4, 0.5) is 0 Å². The van der Waals surface area contributed by atoms with Gasteiger partial charge in [0.1, 0.15) is 14.4 Å². The highest BCUT2D eigenvalue weighted by molar-refractivity contribution is 7.91. The summed E-state index contributed by atoms with van der Waals surface area (Å²) in [5, 5.41) is 0. The monoisotopic (exact) mass is 420 g/mol. The lowest BCUT2D eigenvalue weighted by Gasteiger charge is -2.38. The van der Waals surface area contributed by atoms with E-state index in [4.69, 9.17) is 0 Å². The van der Waals surface area contributed by atoms with Gasteiger partial charge < -0.3 is 4.79 Å². The van der Waals surface area contributed by atoms with Crippen molar-refractivity contribution in [3.63, 3.8) is 0 Å². The van der Waals surface area contributed by atoms with Crippen LogP contribution < -0.4 is 0 Å². The number of hydrogen-bond acceptors (Lipinski definition) is 3. The average Bonchev–Trinajstić information content (AvgIpc) is 2.61. The Morgan fingerprint density at radius 1 is 0.964 bits per heavy atom. The van der Waals surface area contributed by atoms with Gasteiger partial charge in [-0.15, -0.1) is 11.5 Å². The first-order valence-electron chi connectivity index (χ1n) is 10.3. The van der Waals surface area contributed by atoms with E-state index in [1.165, 1.54) is 0 Å². The number of carbonyl (C=O) groups is 1. The molecule has 0 bridgehead atoms. The van der Waals surface area contributed by atoms with Crippen LogP contribution in [0.1, 0.15) is 60.8 Å². The summed E-state index contributed by atoms with van der Waals surface area (Å²) in [6.07, 6.45) is 2.44. The maximum Gasteiger partial charge on any atom is 0.178 e. The van der Waals surface area contributed by atoms with Gasteiger partial charge in [0.15, 0.2) is 9.84 Å². The molecule has 0 amide bonds. The van der Waals surface area contributed by atoms with Crippen molar-refractivity contribution in [3.05, 3.63) is 30.3 Å². The molecule has 0 unspecified atom stereocenters. The highest BCUT2D eigenvalue weighted by Gasteiger charge is 2.41. The molecule has 0 heterocycles. The second kappa shape index (κ2) is 11.0. The quantitative estimate of drug-likeness (QED) is 0.278. The molecule has 0 aliphatic heterocycles. The Morgan fingerprint density at radius 2 is 1.50 bits per heavy atom. The summed E-state index contributed by atoms with van der Waals surface area (Å²) >= 11 is 0. The highest BCUT2D eigenvalue weighted by atomic mass is 32.2. The molecule has 0 saturated heterocycles. The van der Waals surface area contributed by atoms with E-state index in [1.807, 2.05) is 6.07 Å². The van der Waals surface area contributed by atoms with Crippen LogP contribution in [0, 0.1) is 17.4 Å². The zero-order valence-corrected chi connectivity index (χ0v) is 20.1. The topological polar surface area (TPSA) is 51.2 Å². The lowest BCUT2D eigenvalue weighted by Crippen LogP contribution is -2.43. The van der Waals surface area contributed by atoms with Crippen LogP contribution in [-0.2, 0) is 14.6 Å². The number of sulfone groups is 1. The van der Waals surface area contributed by atoms with Crippen molar-refractivity contribution in [3.8, 4) is 11.5 Å². The molecule has 0 aliphatic rings. The van der Waals surface area contributed by atoms with Crippen molar-refractivity contribution in [2.75, 3.05) is 5.75 Å². The van der Waals surface area contributed by atoms with Crippen molar-refractivity contribution in [1.82, 2.24) is 0 Å². The van der Waals surface area contributed by atoms with E-state index >= 15 is 0 Å². The second-order valence-electron chi connectivity index (χ2n) is 8.54. The molecule has 3 nitrogen and oxygen atoms in total. The Kier molecular flexibility index (Phi) is 9.66. The standard InChI is InChI=1S/C23H36O3SSi/c1-19(2)28(20(3)4,21(5)6)18-15-22(14-16-24)11-10-17-27(25,26)23-12-8-7-9-13-23/h7-9,12-13,16,19-22H,10-11,14,17H2,1-6H3/t22-/m0/s1. The molecule has 28 heavy (non-hydrogen) atoms. The van der Waals surface area contributed by atoms with E-state index < -0.39 is 17.9 Å². The molecule has 156 valence electrons. The number of rotatable bonds is 10. The van der Waals surface area contributed by atoms with Crippen LogP contribution in [0.5, 0.6) is 0 Å². The van der Waals surface area contributed by atoms with Crippen LogP contribution in [0.25, 0.3) is 0 Å². The lowest BCUT2D eigenvalue weighted by molar-refractivity contribution is -0.108. The van der Waals surface area contributed by atoms with Gasteiger partial charge in [-0.1, -0.05) is 59.7 Å². The summed E-state index contributed by atoms with van der Waals surface area (Å²) in [4.78, 5) is 11.5. The van der Waals surface area contributed by atoms with Crippen molar-refractivity contribution >= 4 is 24.2 Å². The van der Waals surface area contributed by atoms with Gasteiger partial charge >= 0.3 is 0 Å². The van der Waals surface area contributed by atoms with Crippen LogP contribution >= 0.6 is 0 Å². The summed E-state index contributed by atoms with van der Waals surface area (Å²) in [5.74, 6) is 3.45. The molecule has 0 spiro atoms. The Labute approximate surface area is 173 Å². The van der Waals surface area contributed by atoms with Crippen LogP contribution in [0.15, 0.2) is 35.2 Å². The molecule has 0 fully saturated rings. The molecule has 1 aromatic rings. The smallest absolute Gasteiger partial charge is 0.178 e. The van der Waals surface area contributed by atoms with Crippen LogP contribution in [-0.4, -0.2) is 28.5 Å². The highest BCUT2D eigenvalue weighted by Crippen LogP contribution is 2.40. The zero-order chi connectivity index (χ0) is 21.4. The van der Waals surface area contributed by atoms with Gasteiger partial charge in [-0.05, 0) is 41.6 Å². The van der Waals surface area contributed by atoms with Gasteiger partial charge in [0.25, 0.3) is 0 Å². The predicted octanol–water partition coefficient (Wildman–Crippen LogP) is 5.67. The number of benzene rings is 1. The van der Waals surface area contributed by atoms with Crippen molar-refractivity contribution in [2.45, 2.75) is 82.3 Å². The predicted molar refractivity (Wildman–Crippen MR) is 121 cm³/mol. The molecular formula is C23H36O3SSi. The third-order valence-electron chi connectivity index (χ3n) is 5.81. The molecule has 5 heteroatoms. The minimum Gasteiger partial charge on any atom is -0.303 e. The summed E-state index contributed by atoms with van der Waals surface area (Å²) in [6.45, 7) is 13.6. The Morgan fingerprint density at radius 3 is 1.96 bits per heavy atom.